The van der Waals surface area contributed by atoms with Crippen LogP contribution < -0.4 is 0 Å². The van der Waals surface area contributed by atoms with E-state index in [0.29, 0.717) is 12.5 Å². The topological polar surface area (TPSA) is 20.3 Å². The number of hydrogen-bond acceptors (Lipinski definition) is 1. The summed E-state index contributed by atoms with van der Waals surface area (Å²) in [5.41, 5.74) is 0. The first-order valence-electron chi connectivity index (χ1n) is 5.39. The summed E-state index contributed by atoms with van der Waals surface area (Å²) in [6, 6.07) is 0.396. The molecule has 0 rings (SSSR count). The number of carbonyl (C=O) groups is 1. The van der Waals surface area contributed by atoms with Gasteiger partial charge in [-0.1, -0.05) is 34.1 Å². The predicted octanol–water partition coefficient (Wildman–Crippen LogP) is 3.07. The largest absolute Gasteiger partial charge is 0.343 e. The van der Waals surface area contributed by atoms with Crippen molar-refractivity contribution in [3.05, 3.63) is 0 Å². The molecule has 1 unspecified atom stereocenters. The average molecular weight is 187 g/mol. The van der Waals surface area contributed by atoms with Gasteiger partial charge in [0.15, 0.2) is 0 Å². The lowest BCUT2D eigenvalue weighted by Gasteiger charge is -2.23. The first-order valence-corrected chi connectivity index (χ1v) is 5.39. The van der Waals surface area contributed by atoms with Crippen molar-refractivity contribution in [2.45, 2.75) is 59.9 Å². The van der Waals surface area contributed by atoms with Gasteiger partial charge in [-0.25, -0.2) is 0 Å². The second kappa shape index (κ2) is 9.56. The van der Waals surface area contributed by atoms with Crippen molar-refractivity contribution in [3.63, 3.8) is 0 Å². The molecule has 0 aliphatic rings. The molecule has 0 saturated carbocycles. The summed E-state index contributed by atoms with van der Waals surface area (Å²) in [5.74, 6) is 0.242. The molecule has 0 aromatic heterocycles. The van der Waals surface area contributed by atoms with E-state index in [0.717, 1.165) is 12.8 Å². The second-order valence-corrected chi connectivity index (χ2v) is 3.00. The van der Waals surface area contributed by atoms with Gasteiger partial charge < -0.3 is 4.90 Å². The molecule has 0 saturated heterocycles. The summed E-state index contributed by atoms with van der Waals surface area (Å²) in [7, 11) is 1.88. The molecule has 0 aliphatic carbocycles. The maximum atomic E-state index is 11.2. The van der Waals surface area contributed by atoms with Crippen LogP contribution in [-0.2, 0) is 4.79 Å². The van der Waals surface area contributed by atoms with Crippen LogP contribution in [0.2, 0.25) is 0 Å². The molecule has 0 aromatic carbocycles. The lowest BCUT2D eigenvalue weighted by atomic mass is 10.1. The molecular weight excluding hydrogens is 162 g/mol. The van der Waals surface area contributed by atoms with E-state index in [4.69, 9.17) is 0 Å². The fourth-order valence-electron chi connectivity index (χ4n) is 1.11. The van der Waals surface area contributed by atoms with Gasteiger partial charge in [0, 0.05) is 19.5 Å². The first-order chi connectivity index (χ1) is 6.13. The first kappa shape index (κ1) is 15.0. The molecule has 0 bridgehead atoms. The molecule has 0 radical (unpaired) electrons. The van der Waals surface area contributed by atoms with Crippen molar-refractivity contribution >= 4 is 5.91 Å². The maximum absolute atomic E-state index is 11.2. The normalized spacial score (nSPS) is 11.2. The highest BCUT2D eigenvalue weighted by Crippen LogP contribution is 2.04. The van der Waals surface area contributed by atoms with E-state index < -0.39 is 0 Å². The van der Waals surface area contributed by atoms with Crippen molar-refractivity contribution in [3.8, 4) is 0 Å². The Bertz CT molecular complexity index is 123. The van der Waals surface area contributed by atoms with E-state index in [9.17, 15) is 4.79 Å². The molecule has 0 heterocycles. The minimum atomic E-state index is 0.242. The third-order valence-corrected chi connectivity index (χ3v) is 2.06. The van der Waals surface area contributed by atoms with Gasteiger partial charge in [-0.15, -0.1) is 0 Å². The van der Waals surface area contributed by atoms with Crippen LogP contribution in [0.15, 0.2) is 0 Å². The molecule has 2 heteroatoms. The number of rotatable bonds is 4. The Labute approximate surface area is 83.3 Å². The van der Waals surface area contributed by atoms with E-state index in [1.165, 1.54) is 0 Å². The fraction of sp³-hybridized carbons (Fsp3) is 0.909. The molecule has 0 aromatic rings. The lowest BCUT2D eigenvalue weighted by Crippen LogP contribution is -2.34. The minimum absolute atomic E-state index is 0.242. The zero-order valence-electron chi connectivity index (χ0n) is 10.1. The summed E-state index contributed by atoms with van der Waals surface area (Å²) >= 11 is 0. The van der Waals surface area contributed by atoms with E-state index >= 15 is 0 Å². The van der Waals surface area contributed by atoms with Gasteiger partial charge in [0.25, 0.3) is 0 Å². The standard InChI is InChI=1S/C9H19NO.C2H6/c1-5-7-8(3)10(4)9(11)6-2;1-2/h8H,5-7H2,1-4H3;1-2H3. The minimum Gasteiger partial charge on any atom is -0.343 e. The third kappa shape index (κ3) is 6.62. The van der Waals surface area contributed by atoms with E-state index in [1.54, 1.807) is 0 Å². The van der Waals surface area contributed by atoms with Gasteiger partial charge in [0.2, 0.25) is 5.91 Å². The van der Waals surface area contributed by atoms with Crippen LogP contribution in [0.25, 0.3) is 0 Å². The number of carbonyl (C=O) groups excluding carboxylic acids is 1. The number of amides is 1. The monoisotopic (exact) mass is 187 g/mol. The fourth-order valence-corrected chi connectivity index (χ4v) is 1.11. The van der Waals surface area contributed by atoms with E-state index in [1.807, 2.05) is 32.7 Å². The Morgan fingerprint density at radius 1 is 1.31 bits per heavy atom. The molecule has 2 nitrogen and oxygen atoms in total. The van der Waals surface area contributed by atoms with E-state index in [2.05, 4.69) is 13.8 Å². The van der Waals surface area contributed by atoms with Crippen molar-refractivity contribution < 1.29 is 4.79 Å². The van der Waals surface area contributed by atoms with Gasteiger partial charge in [-0.05, 0) is 13.3 Å². The van der Waals surface area contributed by atoms with Crippen LogP contribution in [0.4, 0.5) is 0 Å². The Kier molecular flexibility index (Phi) is 11.0. The van der Waals surface area contributed by atoms with Crippen LogP contribution in [-0.4, -0.2) is 23.9 Å². The Morgan fingerprint density at radius 3 is 2.08 bits per heavy atom. The summed E-state index contributed by atoms with van der Waals surface area (Å²) in [6.45, 7) is 10.1. The highest BCUT2D eigenvalue weighted by Gasteiger charge is 2.11. The highest BCUT2D eigenvalue weighted by molar-refractivity contribution is 5.75. The predicted molar refractivity (Wildman–Crippen MR) is 58.8 cm³/mol. The number of hydrogen-bond donors (Lipinski definition) is 0. The van der Waals surface area contributed by atoms with Crippen LogP contribution in [0.5, 0.6) is 0 Å². The molecule has 0 aliphatic heterocycles. The van der Waals surface area contributed by atoms with Crippen LogP contribution in [0, 0.1) is 0 Å². The van der Waals surface area contributed by atoms with E-state index in [-0.39, 0.29) is 5.91 Å². The van der Waals surface area contributed by atoms with Gasteiger partial charge in [0.05, 0.1) is 0 Å². The molecule has 0 fully saturated rings. The van der Waals surface area contributed by atoms with Crippen LogP contribution >= 0.6 is 0 Å². The quantitative estimate of drug-likeness (QED) is 0.662. The summed E-state index contributed by atoms with van der Waals surface area (Å²) in [5, 5.41) is 0. The van der Waals surface area contributed by atoms with Crippen LogP contribution in [0.1, 0.15) is 53.9 Å². The molecule has 80 valence electrons. The summed E-state index contributed by atoms with van der Waals surface area (Å²) < 4.78 is 0. The molecule has 0 spiro atoms. The third-order valence-electron chi connectivity index (χ3n) is 2.06. The van der Waals surface area contributed by atoms with Crippen molar-refractivity contribution in [1.82, 2.24) is 4.90 Å². The lowest BCUT2D eigenvalue weighted by molar-refractivity contribution is -0.131. The van der Waals surface area contributed by atoms with Gasteiger partial charge in [0.1, 0.15) is 0 Å². The Morgan fingerprint density at radius 2 is 1.77 bits per heavy atom. The van der Waals surface area contributed by atoms with Crippen molar-refractivity contribution in [2.75, 3.05) is 7.05 Å². The molecule has 1 amide bonds. The second-order valence-electron chi connectivity index (χ2n) is 3.00. The molecular formula is C11H25NO. The van der Waals surface area contributed by atoms with Crippen LogP contribution in [0.3, 0.4) is 0 Å². The Hall–Kier alpha value is -0.530. The van der Waals surface area contributed by atoms with Gasteiger partial charge in [-0.2, -0.15) is 0 Å². The molecule has 1 atom stereocenters. The number of nitrogens with zero attached hydrogens (tertiary/aromatic N) is 1. The molecule has 13 heavy (non-hydrogen) atoms. The van der Waals surface area contributed by atoms with Crippen molar-refractivity contribution in [2.24, 2.45) is 0 Å². The zero-order valence-corrected chi connectivity index (χ0v) is 10.1. The van der Waals surface area contributed by atoms with Gasteiger partial charge in [-0.3, -0.25) is 4.79 Å². The summed E-state index contributed by atoms with van der Waals surface area (Å²) in [4.78, 5) is 13.0. The molecule has 0 N–H and O–H groups in total. The van der Waals surface area contributed by atoms with Gasteiger partial charge >= 0.3 is 0 Å². The zero-order chi connectivity index (χ0) is 10.9. The average Bonchev–Trinajstić information content (AvgIpc) is 2.19. The van der Waals surface area contributed by atoms with Crippen molar-refractivity contribution in [1.29, 1.82) is 0 Å². The SMILES string of the molecule is CC.CCCC(C)N(C)C(=O)CC. The highest BCUT2D eigenvalue weighted by atomic mass is 16.2. The Balaban J connectivity index is 0. The smallest absolute Gasteiger partial charge is 0.222 e. The maximum Gasteiger partial charge on any atom is 0.222 e. The summed E-state index contributed by atoms with van der Waals surface area (Å²) in [6.07, 6.45) is 2.86.